The summed E-state index contributed by atoms with van der Waals surface area (Å²) in [6.45, 7) is 3.15. The summed E-state index contributed by atoms with van der Waals surface area (Å²) in [6, 6.07) is 3.73. The van der Waals surface area contributed by atoms with Crippen LogP contribution in [0, 0.1) is 6.92 Å². The van der Waals surface area contributed by atoms with Crippen molar-refractivity contribution in [3.8, 4) is 0 Å². The molecule has 1 unspecified atom stereocenters. The largest absolute Gasteiger partial charge is 0.389 e. The fourth-order valence-electron chi connectivity index (χ4n) is 1.84. The highest BCUT2D eigenvalue weighted by atomic mass is 32.2. The van der Waals surface area contributed by atoms with E-state index >= 15 is 0 Å². The van der Waals surface area contributed by atoms with Crippen molar-refractivity contribution in [3.63, 3.8) is 0 Å². The Morgan fingerprint density at radius 1 is 1.38 bits per heavy atom. The molecule has 0 saturated carbocycles. The molecule has 0 saturated heterocycles. The molecule has 1 aromatic rings. The van der Waals surface area contributed by atoms with Crippen LogP contribution in [0.1, 0.15) is 18.1 Å². The fourth-order valence-corrected chi connectivity index (χ4v) is 3.39. The number of likely N-dealkylation sites (N-methyl/N-ethyl adjacent to an activating group) is 1. The Morgan fingerprint density at radius 3 is 2.38 bits per heavy atom. The summed E-state index contributed by atoms with van der Waals surface area (Å²) < 4.78 is 27.0. The molecule has 116 valence electrons. The normalized spacial score (nSPS) is 12.8. The van der Waals surface area contributed by atoms with E-state index in [9.17, 15) is 13.2 Å². The zero-order chi connectivity index (χ0) is 16.4. The molecule has 1 amide bonds. The molecule has 0 aliphatic carbocycles. The smallest absolute Gasteiger partial charge is 0.241 e. The standard InChI is InChI=1S/C13H19N3O3S2/c1-8-7-10(12(14)20)5-6-11(8)21(18,19)15-9(2)13(17)16(3)4/h5-7,9,15H,1-4H3,(H2,14,20). The number of nitrogens with one attached hydrogen (secondary N) is 1. The van der Waals surface area contributed by atoms with Crippen molar-refractivity contribution >= 4 is 33.1 Å². The zero-order valence-corrected chi connectivity index (χ0v) is 14.0. The summed E-state index contributed by atoms with van der Waals surface area (Å²) in [7, 11) is -0.663. The number of aryl methyl sites for hydroxylation is 1. The third kappa shape index (κ3) is 4.23. The number of amides is 1. The van der Waals surface area contributed by atoms with Gasteiger partial charge in [-0.15, -0.1) is 0 Å². The van der Waals surface area contributed by atoms with E-state index in [0.29, 0.717) is 11.1 Å². The van der Waals surface area contributed by atoms with Crippen LogP contribution in [0.5, 0.6) is 0 Å². The van der Waals surface area contributed by atoms with Gasteiger partial charge in [0.15, 0.2) is 0 Å². The number of hydrogen-bond acceptors (Lipinski definition) is 4. The average molecular weight is 329 g/mol. The Balaban J connectivity index is 3.09. The maximum Gasteiger partial charge on any atom is 0.241 e. The van der Waals surface area contributed by atoms with Crippen molar-refractivity contribution in [2.75, 3.05) is 14.1 Å². The van der Waals surface area contributed by atoms with E-state index in [1.54, 1.807) is 33.2 Å². The Morgan fingerprint density at radius 2 is 1.95 bits per heavy atom. The van der Waals surface area contributed by atoms with E-state index in [2.05, 4.69) is 4.72 Å². The summed E-state index contributed by atoms with van der Waals surface area (Å²) in [6.07, 6.45) is 0. The molecule has 0 spiro atoms. The van der Waals surface area contributed by atoms with Gasteiger partial charge in [0.25, 0.3) is 0 Å². The first-order chi connectivity index (χ1) is 9.56. The van der Waals surface area contributed by atoms with Crippen molar-refractivity contribution in [3.05, 3.63) is 29.3 Å². The average Bonchev–Trinajstić information content (AvgIpc) is 2.36. The van der Waals surface area contributed by atoms with Crippen LogP contribution < -0.4 is 10.5 Å². The second kappa shape index (κ2) is 6.50. The van der Waals surface area contributed by atoms with E-state index < -0.39 is 16.1 Å². The fraction of sp³-hybridized carbons (Fsp3) is 0.385. The quantitative estimate of drug-likeness (QED) is 0.762. The van der Waals surface area contributed by atoms with Gasteiger partial charge >= 0.3 is 0 Å². The lowest BCUT2D eigenvalue weighted by Crippen LogP contribution is -2.44. The molecule has 0 heterocycles. The monoisotopic (exact) mass is 329 g/mol. The number of sulfonamides is 1. The second-order valence-corrected chi connectivity index (χ2v) is 7.04. The van der Waals surface area contributed by atoms with E-state index in [4.69, 9.17) is 18.0 Å². The summed E-state index contributed by atoms with van der Waals surface area (Å²) >= 11 is 4.85. The predicted molar refractivity (Wildman–Crippen MR) is 85.5 cm³/mol. The van der Waals surface area contributed by atoms with Crippen molar-refractivity contribution in [1.29, 1.82) is 0 Å². The molecule has 1 aromatic carbocycles. The molecule has 0 bridgehead atoms. The third-order valence-corrected chi connectivity index (χ3v) is 4.83. The molecule has 0 aliphatic heterocycles. The lowest BCUT2D eigenvalue weighted by atomic mass is 10.1. The molecule has 6 nitrogen and oxygen atoms in total. The Bertz CT molecular complexity index is 669. The van der Waals surface area contributed by atoms with Crippen LogP contribution in [-0.4, -0.2) is 44.4 Å². The van der Waals surface area contributed by atoms with E-state index in [1.165, 1.54) is 17.9 Å². The van der Waals surface area contributed by atoms with Crippen molar-refractivity contribution in [2.24, 2.45) is 5.73 Å². The van der Waals surface area contributed by atoms with Gasteiger partial charge in [0.2, 0.25) is 15.9 Å². The van der Waals surface area contributed by atoms with E-state index in [1.807, 2.05) is 0 Å². The molecule has 1 atom stereocenters. The molecule has 8 heteroatoms. The minimum atomic E-state index is -3.79. The molecule has 3 N–H and O–H groups in total. The molecule has 0 radical (unpaired) electrons. The topological polar surface area (TPSA) is 92.5 Å². The maximum atomic E-state index is 12.3. The lowest BCUT2D eigenvalue weighted by Gasteiger charge is -2.18. The van der Waals surface area contributed by atoms with Crippen LogP contribution in [0.4, 0.5) is 0 Å². The molecule has 0 aliphatic rings. The van der Waals surface area contributed by atoms with Crippen LogP contribution in [0.15, 0.2) is 23.1 Å². The maximum absolute atomic E-state index is 12.3. The molecule has 0 fully saturated rings. The number of thiocarbonyl (C=S) groups is 1. The van der Waals surface area contributed by atoms with Crippen LogP contribution in [-0.2, 0) is 14.8 Å². The molecule has 21 heavy (non-hydrogen) atoms. The number of benzene rings is 1. The summed E-state index contributed by atoms with van der Waals surface area (Å²) in [4.78, 5) is 13.4. The highest BCUT2D eigenvalue weighted by Crippen LogP contribution is 2.17. The first-order valence-corrected chi connectivity index (χ1v) is 8.09. The van der Waals surface area contributed by atoms with Gasteiger partial charge in [-0.2, -0.15) is 4.72 Å². The first-order valence-electron chi connectivity index (χ1n) is 6.20. The van der Waals surface area contributed by atoms with Gasteiger partial charge in [-0.05, 0) is 31.5 Å². The van der Waals surface area contributed by atoms with Crippen molar-refractivity contribution in [1.82, 2.24) is 9.62 Å². The first kappa shape index (κ1) is 17.5. The summed E-state index contributed by atoms with van der Waals surface area (Å²) in [5.74, 6) is -0.323. The number of nitrogens with zero attached hydrogens (tertiary/aromatic N) is 1. The van der Waals surface area contributed by atoms with Gasteiger partial charge in [-0.25, -0.2) is 8.42 Å². The van der Waals surface area contributed by atoms with Gasteiger partial charge in [-0.1, -0.05) is 18.3 Å². The van der Waals surface area contributed by atoms with Crippen LogP contribution in [0.3, 0.4) is 0 Å². The SMILES string of the molecule is Cc1cc(C(N)=S)ccc1S(=O)(=O)NC(C)C(=O)N(C)C. The summed E-state index contributed by atoms with van der Waals surface area (Å²) in [5, 5.41) is 0. The van der Waals surface area contributed by atoms with Gasteiger partial charge in [0, 0.05) is 19.7 Å². The number of carbonyl (C=O) groups excluding carboxylic acids is 1. The Hall–Kier alpha value is -1.51. The Labute approximate surface area is 130 Å². The number of carbonyl (C=O) groups is 1. The summed E-state index contributed by atoms with van der Waals surface area (Å²) in [5.41, 5.74) is 6.62. The number of nitrogens with two attached hydrogens (primary N) is 1. The Kier molecular flexibility index (Phi) is 5.43. The van der Waals surface area contributed by atoms with Gasteiger partial charge in [0.1, 0.15) is 4.99 Å². The highest BCUT2D eigenvalue weighted by molar-refractivity contribution is 7.89. The lowest BCUT2D eigenvalue weighted by molar-refractivity contribution is -0.130. The third-order valence-electron chi connectivity index (χ3n) is 2.89. The second-order valence-electron chi connectivity index (χ2n) is 4.92. The number of hydrogen-bond donors (Lipinski definition) is 2. The van der Waals surface area contributed by atoms with E-state index in [0.717, 1.165) is 0 Å². The van der Waals surface area contributed by atoms with Crippen LogP contribution in [0.2, 0.25) is 0 Å². The van der Waals surface area contributed by atoms with E-state index in [-0.39, 0.29) is 15.8 Å². The number of rotatable bonds is 5. The van der Waals surface area contributed by atoms with Crippen molar-refractivity contribution in [2.45, 2.75) is 24.8 Å². The zero-order valence-electron chi connectivity index (χ0n) is 12.4. The van der Waals surface area contributed by atoms with Gasteiger partial charge in [0.05, 0.1) is 10.9 Å². The molecule has 0 aromatic heterocycles. The van der Waals surface area contributed by atoms with Crippen molar-refractivity contribution < 1.29 is 13.2 Å². The molecule has 1 rings (SSSR count). The highest BCUT2D eigenvalue weighted by Gasteiger charge is 2.24. The van der Waals surface area contributed by atoms with Crippen LogP contribution in [0.25, 0.3) is 0 Å². The minimum absolute atomic E-state index is 0.0981. The predicted octanol–water partition coefficient (Wildman–Crippen LogP) is 0.384. The molecular weight excluding hydrogens is 310 g/mol. The van der Waals surface area contributed by atoms with Crippen LogP contribution >= 0.6 is 12.2 Å². The minimum Gasteiger partial charge on any atom is -0.389 e. The molecular formula is C13H19N3O3S2. The van der Waals surface area contributed by atoms with Gasteiger partial charge in [-0.3, -0.25) is 4.79 Å². The van der Waals surface area contributed by atoms with Gasteiger partial charge < -0.3 is 10.6 Å².